The van der Waals surface area contributed by atoms with Gasteiger partial charge in [-0.05, 0) is 34.6 Å². The van der Waals surface area contributed by atoms with Crippen LogP contribution in [0.5, 0.6) is 0 Å². The van der Waals surface area contributed by atoms with Gasteiger partial charge >= 0.3 is 5.97 Å². The lowest BCUT2D eigenvalue weighted by molar-refractivity contribution is -0.149. The highest BCUT2D eigenvalue weighted by atomic mass is 16.5. The monoisotopic (exact) mass is 500 g/mol. The van der Waals surface area contributed by atoms with E-state index in [0.29, 0.717) is 18.5 Å². The van der Waals surface area contributed by atoms with Crippen LogP contribution in [0.25, 0.3) is 11.1 Å². The Morgan fingerprint density at radius 3 is 1.97 bits per heavy atom. The van der Waals surface area contributed by atoms with Gasteiger partial charge in [-0.2, -0.15) is 0 Å². The lowest BCUT2D eigenvalue weighted by Gasteiger charge is -2.31. The summed E-state index contributed by atoms with van der Waals surface area (Å²) in [6.45, 7) is 4.35. The fourth-order valence-electron chi connectivity index (χ4n) is 4.46. The van der Waals surface area contributed by atoms with Crippen LogP contribution in [0.15, 0.2) is 84.9 Å². The average Bonchev–Trinajstić information content (AvgIpc) is 2.92. The van der Waals surface area contributed by atoms with Crippen LogP contribution in [0.3, 0.4) is 0 Å². The van der Waals surface area contributed by atoms with Crippen LogP contribution < -0.4 is 5.32 Å². The highest BCUT2D eigenvalue weighted by molar-refractivity contribution is 5.91. The molecule has 2 amide bonds. The van der Waals surface area contributed by atoms with E-state index in [9.17, 15) is 14.4 Å². The molecule has 37 heavy (non-hydrogen) atoms. The van der Waals surface area contributed by atoms with Crippen molar-refractivity contribution < 1.29 is 19.1 Å². The average molecular weight is 501 g/mol. The number of likely N-dealkylation sites (N-methyl/N-ethyl adjacent to an activating group) is 1. The summed E-state index contributed by atoms with van der Waals surface area (Å²) >= 11 is 0. The highest BCUT2D eigenvalue weighted by Gasteiger charge is 2.34. The maximum atomic E-state index is 13.7. The lowest BCUT2D eigenvalue weighted by Crippen LogP contribution is -2.44. The molecule has 0 radical (unpaired) electrons. The van der Waals surface area contributed by atoms with Crippen molar-refractivity contribution in [2.24, 2.45) is 11.8 Å². The summed E-state index contributed by atoms with van der Waals surface area (Å²) in [6.07, 6.45) is 0.493. The number of esters is 1. The summed E-state index contributed by atoms with van der Waals surface area (Å²) in [6, 6.07) is 26.4. The fraction of sp³-hybridized carbons (Fsp3) is 0.323. The molecule has 2 atom stereocenters. The van der Waals surface area contributed by atoms with Crippen LogP contribution in [0.1, 0.15) is 43.9 Å². The Morgan fingerprint density at radius 2 is 1.41 bits per heavy atom. The molecule has 3 rings (SSSR count). The highest BCUT2D eigenvalue weighted by Crippen LogP contribution is 2.28. The Labute approximate surface area is 219 Å². The molecule has 3 aromatic carbocycles. The molecule has 0 saturated carbocycles. The standard InChI is InChI=1S/C31H36N2O4/c1-22(2)19-27(20-28(34)37-4)31(36)33(3)29(30(35)32-21-23-11-7-5-8-12-23)26-17-15-25(16-18-26)24-13-9-6-10-14-24/h5-18,22,27,29H,19-21H2,1-4H3,(H,32,35)/t27-,29?/m1/s1. The largest absolute Gasteiger partial charge is 0.469 e. The van der Waals surface area contributed by atoms with Crippen molar-refractivity contribution in [2.75, 3.05) is 14.2 Å². The fourth-order valence-corrected chi connectivity index (χ4v) is 4.46. The van der Waals surface area contributed by atoms with Gasteiger partial charge in [0.1, 0.15) is 6.04 Å². The second-order valence-corrected chi connectivity index (χ2v) is 9.65. The van der Waals surface area contributed by atoms with Crippen molar-refractivity contribution in [3.8, 4) is 11.1 Å². The molecule has 0 heterocycles. The summed E-state index contributed by atoms with van der Waals surface area (Å²) in [7, 11) is 2.95. The zero-order valence-electron chi connectivity index (χ0n) is 22.0. The zero-order chi connectivity index (χ0) is 26.8. The first-order valence-electron chi connectivity index (χ1n) is 12.6. The molecular formula is C31H36N2O4. The maximum Gasteiger partial charge on any atom is 0.306 e. The first-order chi connectivity index (χ1) is 17.8. The van der Waals surface area contributed by atoms with Gasteiger partial charge in [-0.25, -0.2) is 0 Å². The van der Waals surface area contributed by atoms with E-state index in [1.54, 1.807) is 7.05 Å². The molecule has 1 unspecified atom stereocenters. The maximum absolute atomic E-state index is 13.7. The molecule has 0 aliphatic rings. The number of rotatable bonds is 11. The number of amides is 2. The SMILES string of the molecule is COC(=O)C[C@@H](CC(C)C)C(=O)N(C)C(C(=O)NCc1ccccc1)c1ccc(-c2ccccc2)cc1. The predicted octanol–water partition coefficient (Wildman–Crippen LogP) is 5.39. The van der Waals surface area contributed by atoms with E-state index >= 15 is 0 Å². The normalized spacial score (nSPS) is 12.5. The second-order valence-electron chi connectivity index (χ2n) is 9.65. The first kappa shape index (κ1) is 27.7. The van der Waals surface area contributed by atoms with Crippen molar-refractivity contribution in [1.82, 2.24) is 10.2 Å². The van der Waals surface area contributed by atoms with Crippen LogP contribution in [-0.4, -0.2) is 36.8 Å². The first-order valence-corrected chi connectivity index (χ1v) is 12.6. The van der Waals surface area contributed by atoms with E-state index in [-0.39, 0.29) is 24.2 Å². The zero-order valence-corrected chi connectivity index (χ0v) is 22.0. The molecule has 6 nitrogen and oxygen atoms in total. The minimum absolute atomic E-state index is 0.0247. The number of nitrogens with zero attached hydrogens (tertiary/aromatic N) is 1. The number of benzene rings is 3. The van der Waals surface area contributed by atoms with Crippen molar-refractivity contribution >= 4 is 17.8 Å². The molecule has 194 valence electrons. The number of carbonyl (C=O) groups excluding carboxylic acids is 3. The smallest absolute Gasteiger partial charge is 0.306 e. The molecule has 3 aromatic rings. The molecule has 0 saturated heterocycles. The van der Waals surface area contributed by atoms with Crippen molar-refractivity contribution in [2.45, 2.75) is 39.3 Å². The minimum Gasteiger partial charge on any atom is -0.469 e. The van der Waals surface area contributed by atoms with Crippen LogP contribution in [0.4, 0.5) is 0 Å². The van der Waals surface area contributed by atoms with Gasteiger partial charge in [0.15, 0.2) is 0 Å². The van der Waals surface area contributed by atoms with E-state index < -0.39 is 17.9 Å². The van der Waals surface area contributed by atoms with Gasteiger partial charge in [0.2, 0.25) is 11.8 Å². The van der Waals surface area contributed by atoms with Crippen molar-refractivity contribution in [3.63, 3.8) is 0 Å². The summed E-state index contributed by atoms with van der Waals surface area (Å²) in [4.78, 5) is 40.7. The quantitative estimate of drug-likeness (QED) is 0.358. The Morgan fingerprint density at radius 1 is 0.838 bits per heavy atom. The van der Waals surface area contributed by atoms with Crippen LogP contribution in [0.2, 0.25) is 0 Å². The third-order valence-corrected chi connectivity index (χ3v) is 6.37. The molecule has 0 aromatic heterocycles. The number of carbonyl (C=O) groups is 3. The van der Waals surface area contributed by atoms with E-state index in [0.717, 1.165) is 16.7 Å². The molecule has 0 spiro atoms. The van der Waals surface area contributed by atoms with Gasteiger partial charge in [-0.1, -0.05) is 98.8 Å². The van der Waals surface area contributed by atoms with Gasteiger partial charge in [0.25, 0.3) is 0 Å². The Kier molecular flexibility index (Phi) is 10.0. The van der Waals surface area contributed by atoms with Gasteiger partial charge in [0, 0.05) is 19.5 Å². The van der Waals surface area contributed by atoms with Gasteiger partial charge in [0.05, 0.1) is 13.5 Å². The number of hydrogen-bond donors (Lipinski definition) is 1. The third kappa shape index (κ3) is 7.78. The topological polar surface area (TPSA) is 75.7 Å². The summed E-state index contributed by atoms with van der Waals surface area (Å²) in [5.41, 5.74) is 3.75. The van der Waals surface area contributed by atoms with Crippen molar-refractivity contribution in [3.05, 3.63) is 96.1 Å². The van der Waals surface area contributed by atoms with Crippen LogP contribution in [-0.2, 0) is 25.7 Å². The Bertz CT molecular complexity index is 1160. The number of ether oxygens (including phenoxy) is 1. The lowest BCUT2D eigenvalue weighted by atomic mass is 9.91. The van der Waals surface area contributed by atoms with Crippen molar-refractivity contribution in [1.29, 1.82) is 0 Å². The molecular weight excluding hydrogens is 464 g/mol. The molecule has 0 aliphatic heterocycles. The van der Waals surface area contributed by atoms with Gasteiger partial charge in [-0.3, -0.25) is 14.4 Å². The molecule has 1 N–H and O–H groups in total. The summed E-state index contributed by atoms with van der Waals surface area (Å²) in [5, 5.41) is 2.99. The van der Waals surface area contributed by atoms with E-state index in [1.165, 1.54) is 12.0 Å². The third-order valence-electron chi connectivity index (χ3n) is 6.37. The molecule has 0 aliphatic carbocycles. The summed E-state index contributed by atoms with van der Waals surface area (Å²) in [5.74, 6) is -1.36. The number of hydrogen-bond acceptors (Lipinski definition) is 4. The minimum atomic E-state index is -0.853. The Hall–Kier alpha value is -3.93. The Balaban J connectivity index is 1.90. The molecule has 0 bridgehead atoms. The molecule has 6 heteroatoms. The summed E-state index contributed by atoms with van der Waals surface area (Å²) < 4.78 is 4.84. The van der Waals surface area contributed by atoms with E-state index in [4.69, 9.17) is 4.74 Å². The van der Waals surface area contributed by atoms with Crippen LogP contribution in [0, 0.1) is 11.8 Å². The van der Waals surface area contributed by atoms with E-state index in [1.807, 2.05) is 98.8 Å². The second kappa shape index (κ2) is 13.4. The number of nitrogens with one attached hydrogen (secondary N) is 1. The van der Waals surface area contributed by atoms with Gasteiger partial charge in [-0.15, -0.1) is 0 Å². The van der Waals surface area contributed by atoms with Gasteiger partial charge < -0.3 is 15.0 Å². The van der Waals surface area contributed by atoms with Crippen LogP contribution >= 0.6 is 0 Å². The van der Waals surface area contributed by atoms with E-state index in [2.05, 4.69) is 5.32 Å². The number of methoxy groups -OCH3 is 1. The molecule has 0 fully saturated rings. The predicted molar refractivity (Wildman–Crippen MR) is 145 cm³/mol.